The van der Waals surface area contributed by atoms with Gasteiger partial charge in [-0.3, -0.25) is 19.7 Å². The van der Waals surface area contributed by atoms with Crippen molar-refractivity contribution < 1.29 is 27.5 Å². The molecule has 0 bridgehead atoms. The number of amides is 3. The molecule has 188 valence electrons. The number of benzene rings is 2. The van der Waals surface area contributed by atoms with Crippen LogP contribution >= 0.6 is 0 Å². The van der Waals surface area contributed by atoms with Crippen LogP contribution in [-0.4, -0.2) is 47.4 Å². The van der Waals surface area contributed by atoms with Crippen molar-refractivity contribution in [3.05, 3.63) is 47.0 Å². The fraction of sp³-hybridized carbons (Fsp3) is 0.360. The van der Waals surface area contributed by atoms with Gasteiger partial charge in [0.2, 0.25) is 15.9 Å². The van der Waals surface area contributed by atoms with Crippen LogP contribution in [0.25, 0.3) is 12.2 Å². The number of methoxy groups -OCH3 is 2. The summed E-state index contributed by atoms with van der Waals surface area (Å²) in [5, 5.41) is 2.36. The molecular formula is C25H31N3O6S. The lowest BCUT2D eigenvalue weighted by Gasteiger charge is -2.30. The number of rotatable bonds is 7. The largest absolute Gasteiger partial charge is 0.496 e. The number of carbonyl (C=O) groups is 2. The summed E-state index contributed by atoms with van der Waals surface area (Å²) in [6, 6.07) is 8.28. The van der Waals surface area contributed by atoms with E-state index in [1.54, 1.807) is 30.2 Å². The van der Waals surface area contributed by atoms with E-state index in [0.29, 0.717) is 22.9 Å². The smallest absolute Gasteiger partial charge is 0.328 e. The van der Waals surface area contributed by atoms with E-state index in [0.717, 1.165) is 22.9 Å². The van der Waals surface area contributed by atoms with Crippen LogP contribution in [0.5, 0.6) is 11.5 Å². The zero-order valence-corrected chi connectivity index (χ0v) is 21.6. The summed E-state index contributed by atoms with van der Waals surface area (Å²) in [4.78, 5) is 25.7. The molecule has 1 aliphatic rings. The fourth-order valence-corrected chi connectivity index (χ4v) is 4.37. The topological polar surface area (TPSA) is 114 Å². The minimum atomic E-state index is -3.42. The Bertz CT molecular complexity index is 1280. The van der Waals surface area contributed by atoms with Gasteiger partial charge in [0, 0.05) is 41.4 Å². The highest BCUT2D eigenvalue weighted by Crippen LogP contribution is 2.39. The summed E-state index contributed by atoms with van der Waals surface area (Å²) >= 11 is 0. The number of ether oxygens (including phenoxy) is 2. The molecule has 2 aromatic carbocycles. The maximum Gasteiger partial charge on any atom is 0.328 e. The second-order valence-electron chi connectivity index (χ2n) is 9.29. The molecule has 1 aliphatic heterocycles. The van der Waals surface area contributed by atoms with Gasteiger partial charge in [-0.25, -0.2) is 13.2 Å². The van der Waals surface area contributed by atoms with Crippen LogP contribution in [0.1, 0.15) is 43.9 Å². The van der Waals surface area contributed by atoms with Crippen molar-refractivity contribution in [3.63, 3.8) is 0 Å². The average molecular weight is 502 g/mol. The summed E-state index contributed by atoms with van der Waals surface area (Å²) in [6.45, 7) is 6.45. The number of urea groups is 1. The summed E-state index contributed by atoms with van der Waals surface area (Å²) < 4.78 is 36.8. The number of hydrogen-bond donors (Lipinski definition) is 2. The van der Waals surface area contributed by atoms with Crippen molar-refractivity contribution in [3.8, 4) is 11.5 Å². The van der Waals surface area contributed by atoms with Crippen LogP contribution in [-0.2, 0) is 20.2 Å². The molecular weight excluding hydrogens is 470 g/mol. The van der Waals surface area contributed by atoms with Crippen LogP contribution in [0, 0.1) is 0 Å². The van der Waals surface area contributed by atoms with Gasteiger partial charge in [-0.15, -0.1) is 0 Å². The molecule has 1 heterocycles. The Morgan fingerprint density at radius 3 is 2.29 bits per heavy atom. The van der Waals surface area contributed by atoms with E-state index in [2.05, 4.69) is 30.8 Å². The number of hydrogen-bond acceptors (Lipinski definition) is 6. The molecule has 10 heteroatoms. The van der Waals surface area contributed by atoms with E-state index in [-0.39, 0.29) is 24.3 Å². The van der Waals surface area contributed by atoms with Crippen molar-refractivity contribution in [1.82, 2.24) is 5.32 Å². The first kappa shape index (κ1) is 26.1. The van der Waals surface area contributed by atoms with E-state index in [1.807, 2.05) is 24.3 Å². The lowest BCUT2D eigenvalue weighted by Crippen LogP contribution is -2.49. The normalized spacial score (nSPS) is 14.7. The van der Waals surface area contributed by atoms with Gasteiger partial charge in [0.1, 0.15) is 11.5 Å². The predicted molar refractivity (Wildman–Crippen MR) is 138 cm³/mol. The monoisotopic (exact) mass is 501 g/mol. The minimum absolute atomic E-state index is 0.221. The van der Waals surface area contributed by atoms with E-state index in [1.165, 1.54) is 7.11 Å². The molecule has 2 aromatic rings. The van der Waals surface area contributed by atoms with Crippen LogP contribution in [0.15, 0.2) is 30.3 Å². The summed E-state index contributed by atoms with van der Waals surface area (Å²) in [5.74, 6) is 0.854. The number of imide groups is 1. The Labute approximate surface area is 206 Å². The molecule has 0 atom stereocenters. The Morgan fingerprint density at radius 2 is 1.71 bits per heavy atom. The van der Waals surface area contributed by atoms with Gasteiger partial charge in [0.05, 0.1) is 26.2 Å². The maximum atomic E-state index is 12.5. The van der Waals surface area contributed by atoms with Crippen molar-refractivity contribution in [2.75, 3.05) is 36.6 Å². The number of carbonyl (C=O) groups excluding carboxylic acids is 2. The third-order valence-electron chi connectivity index (χ3n) is 5.46. The van der Waals surface area contributed by atoms with Gasteiger partial charge in [-0.1, -0.05) is 32.9 Å². The Morgan fingerprint density at radius 1 is 1.03 bits per heavy atom. The Balaban J connectivity index is 2.08. The van der Waals surface area contributed by atoms with Crippen molar-refractivity contribution >= 4 is 45.5 Å². The zero-order valence-electron chi connectivity index (χ0n) is 20.8. The van der Waals surface area contributed by atoms with E-state index in [4.69, 9.17) is 9.47 Å². The van der Waals surface area contributed by atoms with Crippen LogP contribution in [0.2, 0.25) is 0 Å². The molecule has 1 fully saturated rings. The van der Waals surface area contributed by atoms with Gasteiger partial charge in [-0.05, 0) is 29.7 Å². The number of nitrogens with zero attached hydrogens (tertiary/aromatic N) is 1. The predicted octanol–water partition coefficient (Wildman–Crippen LogP) is 3.99. The Hall–Kier alpha value is -3.53. The molecule has 1 saturated heterocycles. The summed E-state index contributed by atoms with van der Waals surface area (Å²) in [5.41, 5.74) is 3.11. The third kappa shape index (κ3) is 6.33. The van der Waals surface area contributed by atoms with Crippen molar-refractivity contribution in [1.29, 1.82) is 0 Å². The van der Waals surface area contributed by atoms with Crippen LogP contribution < -0.4 is 24.4 Å². The molecule has 9 nitrogen and oxygen atoms in total. The average Bonchev–Trinajstić information content (AvgIpc) is 2.75. The molecule has 0 radical (unpaired) electrons. The number of anilines is 2. The fourth-order valence-electron chi connectivity index (χ4n) is 3.82. The lowest BCUT2D eigenvalue weighted by atomic mass is 9.84. The Kier molecular flexibility index (Phi) is 7.44. The maximum absolute atomic E-state index is 12.5. The lowest BCUT2D eigenvalue weighted by molar-refractivity contribution is -0.120. The third-order valence-corrected chi connectivity index (χ3v) is 6.07. The van der Waals surface area contributed by atoms with Crippen molar-refractivity contribution in [2.24, 2.45) is 0 Å². The van der Waals surface area contributed by atoms with Gasteiger partial charge >= 0.3 is 6.03 Å². The molecule has 0 aliphatic carbocycles. The van der Waals surface area contributed by atoms with E-state index in [9.17, 15) is 18.0 Å². The van der Waals surface area contributed by atoms with Crippen LogP contribution in [0.4, 0.5) is 16.2 Å². The molecule has 0 aromatic heterocycles. The zero-order chi connectivity index (χ0) is 26.0. The van der Waals surface area contributed by atoms with Gasteiger partial charge in [0.15, 0.2) is 0 Å². The van der Waals surface area contributed by atoms with Gasteiger partial charge in [0.25, 0.3) is 0 Å². The highest BCUT2D eigenvalue weighted by atomic mass is 32.2. The van der Waals surface area contributed by atoms with Crippen LogP contribution in [0.3, 0.4) is 0 Å². The van der Waals surface area contributed by atoms with E-state index >= 15 is 0 Å². The molecule has 3 rings (SSSR count). The second kappa shape index (κ2) is 9.99. The standard InChI is InChI=1S/C25H31N3O6S/c1-25(2,3)20-15-19(28-12-11-22(29)26-24(28)30)13-17(23(20)34-5)8-7-16-9-10-18(14-21(16)33-4)27-35(6,31)32/h7-10,13-15,27H,11-12H2,1-6H3,(H,26,29,30)/b8-7+. The molecule has 3 amide bonds. The minimum Gasteiger partial charge on any atom is -0.496 e. The highest BCUT2D eigenvalue weighted by molar-refractivity contribution is 7.92. The van der Waals surface area contributed by atoms with E-state index < -0.39 is 16.1 Å². The van der Waals surface area contributed by atoms with Crippen molar-refractivity contribution in [2.45, 2.75) is 32.6 Å². The molecule has 0 unspecified atom stereocenters. The SMILES string of the molecule is COc1cc(NS(C)(=O)=O)ccc1/C=C/c1cc(N2CCC(=O)NC2=O)cc(C(C)(C)C)c1OC. The number of sulfonamides is 1. The van der Waals surface area contributed by atoms with Gasteiger partial charge < -0.3 is 9.47 Å². The molecule has 0 spiro atoms. The second-order valence-corrected chi connectivity index (χ2v) is 11.0. The first-order chi connectivity index (χ1) is 16.3. The first-order valence-corrected chi connectivity index (χ1v) is 12.9. The number of nitrogens with one attached hydrogen (secondary N) is 2. The quantitative estimate of drug-likeness (QED) is 0.555. The van der Waals surface area contributed by atoms with Gasteiger partial charge in [-0.2, -0.15) is 0 Å². The summed E-state index contributed by atoms with van der Waals surface area (Å²) in [7, 11) is -0.317. The molecule has 0 saturated carbocycles. The summed E-state index contributed by atoms with van der Waals surface area (Å²) in [6.07, 6.45) is 4.99. The molecule has 2 N–H and O–H groups in total. The first-order valence-electron chi connectivity index (χ1n) is 11.0. The molecule has 35 heavy (non-hydrogen) atoms. The highest BCUT2D eigenvalue weighted by Gasteiger charge is 2.28.